The fourth-order valence-electron chi connectivity index (χ4n) is 3.86. The van der Waals surface area contributed by atoms with Crippen LogP contribution in [0.5, 0.6) is 5.75 Å². The van der Waals surface area contributed by atoms with Crippen molar-refractivity contribution < 1.29 is 9.90 Å². The van der Waals surface area contributed by atoms with E-state index in [-0.39, 0.29) is 23.7 Å². The Balaban J connectivity index is 1.47. The highest BCUT2D eigenvalue weighted by Crippen LogP contribution is 2.30. The first-order valence-corrected chi connectivity index (χ1v) is 8.63. The average Bonchev–Trinajstić information content (AvgIpc) is 2.61. The summed E-state index contributed by atoms with van der Waals surface area (Å²) >= 11 is 0. The molecule has 1 heterocycles. The van der Waals surface area contributed by atoms with Crippen LogP contribution < -0.4 is 10.6 Å². The third-order valence-corrected chi connectivity index (χ3v) is 5.16. The number of amides is 1. The molecular formula is C20H22N2O2. The van der Waals surface area contributed by atoms with E-state index in [9.17, 15) is 9.90 Å². The van der Waals surface area contributed by atoms with Crippen molar-refractivity contribution in [2.24, 2.45) is 0 Å². The molecule has 4 heteroatoms. The third kappa shape index (κ3) is 2.89. The minimum absolute atomic E-state index is 0.0652. The molecule has 0 saturated carbocycles. The van der Waals surface area contributed by atoms with Gasteiger partial charge in [-0.1, -0.05) is 30.3 Å². The number of benzene rings is 2. The molecule has 0 radical (unpaired) electrons. The minimum Gasteiger partial charge on any atom is -0.508 e. The summed E-state index contributed by atoms with van der Waals surface area (Å²) in [6, 6.07) is 13.7. The Labute approximate surface area is 141 Å². The molecule has 4 nitrogen and oxygen atoms in total. The molecule has 0 spiro atoms. The van der Waals surface area contributed by atoms with Crippen LogP contribution in [-0.2, 0) is 24.2 Å². The second-order valence-electron chi connectivity index (χ2n) is 6.74. The van der Waals surface area contributed by atoms with Gasteiger partial charge in [0, 0.05) is 6.54 Å². The smallest absolute Gasteiger partial charge is 0.237 e. The summed E-state index contributed by atoms with van der Waals surface area (Å²) in [4.78, 5) is 12.7. The molecule has 0 saturated heterocycles. The second-order valence-corrected chi connectivity index (χ2v) is 6.74. The lowest BCUT2D eigenvalue weighted by molar-refractivity contribution is -0.124. The first-order chi connectivity index (χ1) is 11.7. The summed E-state index contributed by atoms with van der Waals surface area (Å²) < 4.78 is 0. The fraction of sp³-hybridized carbons (Fsp3) is 0.350. The number of fused-ring (bicyclic) bond motifs is 2. The van der Waals surface area contributed by atoms with E-state index >= 15 is 0 Å². The number of carbonyl (C=O) groups excluding carboxylic acids is 1. The van der Waals surface area contributed by atoms with Gasteiger partial charge in [-0.05, 0) is 60.1 Å². The van der Waals surface area contributed by atoms with Gasteiger partial charge in [-0.25, -0.2) is 0 Å². The molecule has 24 heavy (non-hydrogen) atoms. The topological polar surface area (TPSA) is 61.4 Å². The third-order valence-electron chi connectivity index (χ3n) is 5.16. The van der Waals surface area contributed by atoms with E-state index in [1.54, 1.807) is 12.1 Å². The molecule has 0 fully saturated rings. The Kier molecular flexibility index (Phi) is 3.98. The molecule has 0 bridgehead atoms. The molecule has 1 aliphatic carbocycles. The lowest BCUT2D eigenvalue weighted by Crippen LogP contribution is -2.48. The van der Waals surface area contributed by atoms with Gasteiger partial charge in [0.15, 0.2) is 0 Å². The monoisotopic (exact) mass is 322 g/mol. The summed E-state index contributed by atoms with van der Waals surface area (Å²) in [5.41, 5.74) is 4.82. The Morgan fingerprint density at radius 2 is 2.00 bits per heavy atom. The molecule has 2 aromatic carbocycles. The maximum absolute atomic E-state index is 12.7. The number of hydrogen-bond donors (Lipinski definition) is 3. The van der Waals surface area contributed by atoms with Gasteiger partial charge in [-0.3, -0.25) is 4.79 Å². The van der Waals surface area contributed by atoms with Gasteiger partial charge < -0.3 is 15.7 Å². The molecule has 2 aliphatic rings. The molecule has 3 N–H and O–H groups in total. The van der Waals surface area contributed by atoms with Crippen molar-refractivity contribution in [3.63, 3.8) is 0 Å². The number of phenolic OH excluding ortho intramolecular Hbond substituents is 1. The molecule has 0 unspecified atom stereocenters. The van der Waals surface area contributed by atoms with Crippen molar-refractivity contribution in [1.29, 1.82) is 0 Å². The summed E-state index contributed by atoms with van der Waals surface area (Å²) in [5.74, 6) is 0.340. The van der Waals surface area contributed by atoms with Gasteiger partial charge in [0.25, 0.3) is 0 Å². The molecule has 1 amide bonds. The number of aryl methyl sites for hydroxylation is 1. The minimum atomic E-state index is -0.212. The number of carbonyl (C=O) groups is 1. The highest BCUT2D eigenvalue weighted by Gasteiger charge is 2.28. The molecule has 2 aromatic rings. The first kappa shape index (κ1) is 15.2. The van der Waals surface area contributed by atoms with Crippen LogP contribution in [0.4, 0.5) is 0 Å². The van der Waals surface area contributed by atoms with Crippen molar-refractivity contribution in [3.05, 3.63) is 64.7 Å². The molecular weight excluding hydrogens is 300 g/mol. The highest BCUT2D eigenvalue weighted by atomic mass is 16.3. The van der Waals surface area contributed by atoms with Crippen molar-refractivity contribution in [2.45, 2.75) is 44.3 Å². The largest absolute Gasteiger partial charge is 0.508 e. The standard InChI is InChI=1S/C20H22N2O2/c23-16-9-8-14-11-19(21-12-15(14)10-16)20(24)22-18-7-3-5-13-4-1-2-6-17(13)18/h1-2,4,6,8-10,18-19,21,23H,3,5,7,11-12H2,(H,22,24)/t18-,19+/m1/s1. The average molecular weight is 322 g/mol. The van der Waals surface area contributed by atoms with E-state index in [1.165, 1.54) is 11.1 Å². The van der Waals surface area contributed by atoms with E-state index in [4.69, 9.17) is 0 Å². The van der Waals surface area contributed by atoms with Crippen LogP contribution in [-0.4, -0.2) is 17.1 Å². The van der Waals surface area contributed by atoms with Gasteiger partial charge in [0.05, 0.1) is 12.1 Å². The van der Waals surface area contributed by atoms with Gasteiger partial charge in [0.2, 0.25) is 5.91 Å². The maximum Gasteiger partial charge on any atom is 0.237 e. The quantitative estimate of drug-likeness (QED) is 0.796. The normalized spacial score (nSPS) is 22.3. The summed E-state index contributed by atoms with van der Waals surface area (Å²) in [6.45, 7) is 0.614. The molecule has 124 valence electrons. The molecule has 0 aromatic heterocycles. The van der Waals surface area contributed by atoms with Crippen LogP contribution in [0.2, 0.25) is 0 Å². The van der Waals surface area contributed by atoms with Gasteiger partial charge >= 0.3 is 0 Å². The number of nitrogens with one attached hydrogen (secondary N) is 2. The van der Waals surface area contributed by atoms with E-state index in [0.29, 0.717) is 13.0 Å². The van der Waals surface area contributed by atoms with Gasteiger partial charge in [0.1, 0.15) is 5.75 Å². The SMILES string of the molecule is O=C(N[C@@H]1CCCc2ccccc21)[C@@H]1Cc2ccc(O)cc2CN1. The first-order valence-electron chi connectivity index (χ1n) is 8.63. The summed E-state index contributed by atoms with van der Waals surface area (Å²) in [6.07, 6.45) is 3.87. The summed E-state index contributed by atoms with van der Waals surface area (Å²) in [5, 5.41) is 16.1. The lowest BCUT2D eigenvalue weighted by atomic mass is 9.87. The van der Waals surface area contributed by atoms with Crippen molar-refractivity contribution in [1.82, 2.24) is 10.6 Å². The van der Waals surface area contributed by atoms with Gasteiger partial charge in [-0.2, -0.15) is 0 Å². The Morgan fingerprint density at radius 3 is 2.92 bits per heavy atom. The number of aromatic hydroxyl groups is 1. The summed E-state index contributed by atoms with van der Waals surface area (Å²) in [7, 11) is 0. The van der Waals surface area contributed by atoms with Crippen molar-refractivity contribution >= 4 is 5.91 Å². The number of rotatable bonds is 2. The number of hydrogen-bond acceptors (Lipinski definition) is 3. The van der Waals surface area contributed by atoms with Gasteiger partial charge in [-0.15, -0.1) is 0 Å². The number of phenols is 1. The van der Waals surface area contributed by atoms with Crippen LogP contribution in [0, 0.1) is 0 Å². The zero-order valence-electron chi connectivity index (χ0n) is 13.6. The van der Waals surface area contributed by atoms with E-state index in [1.807, 2.05) is 12.1 Å². The Hall–Kier alpha value is -2.33. The van der Waals surface area contributed by atoms with Crippen LogP contribution in [0.3, 0.4) is 0 Å². The van der Waals surface area contributed by atoms with E-state index in [2.05, 4.69) is 28.8 Å². The van der Waals surface area contributed by atoms with E-state index < -0.39 is 0 Å². The predicted octanol–water partition coefficient (Wildman–Crippen LogP) is 2.60. The fourth-order valence-corrected chi connectivity index (χ4v) is 3.86. The van der Waals surface area contributed by atoms with E-state index in [0.717, 1.165) is 30.4 Å². The maximum atomic E-state index is 12.7. The highest BCUT2D eigenvalue weighted by molar-refractivity contribution is 5.83. The Morgan fingerprint density at radius 1 is 1.12 bits per heavy atom. The zero-order valence-corrected chi connectivity index (χ0v) is 13.6. The molecule has 4 rings (SSSR count). The van der Waals surface area contributed by atoms with Crippen molar-refractivity contribution in [3.8, 4) is 5.75 Å². The predicted molar refractivity (Wildman–Crippen MR) is 92.7 cm³/mol. The van der Waals surface area contributed by atoms with Crippen LogP contribution in [0.15, 0.2) is 42.5 Å². The Bertz CT molecular complexity index is 772. The second kappa shape index (κ2) is 6.29. The van der Waals surface area contributed by atoms with Crippen LogP contribution in [0.1, 0.15) is 41.1 Å². The van der Waals surface area contributed by atoms with Crippen LogP contribution in [0.25, 0.3) is 0 Å². The zero-order chi connectivity index (χ0) is 16.5. The molecule has 2 atom stereocenters. The lowest BCUT2D eigenvalue weighted by Gasteiger charge is -2.30. The van der Waals surface area contributed by atoms with Crippen molar-refractivity contribution in [2.75, 3.05) is 0 Å². The van der Waals surface area contributed by atoms with Crippen LogP contribution >= 0.6 is 0 Å². The molecule has 1 aliphatic heterocycles.